The van der Waals surface area contributed by atoms with Gasteiger partial charge < -0.3 is 10.4 Å². The molecule has 0 saturated heterocycles. The van der Waals surface area contributed by atoms with Crippen molar-refractivity contribution in [1.29, 1.82) is 0 Å². The lowest BCUT2D eigenvalue weighted by molar-refractivity contribution is 0.101. The molecule has 2 aromatic carbocycles. The number of aromatic hydroxyl groups is 1. The molecule has 6 nitrogen and oxygen atoms in total. The largest absolute Gasteiger partial charge is 0.503 e. The molecule has 3 aromatic rings. The third-order valence-electron chi connectivity index (χ3n) is 3.18. The van der Waals surface area contributed by atoms with Crippen molar-refractivity contribution in [2.45, 2.75) is 0 Å². The third kappa shape index (κ3) is 2.85. The Balaban J connectivity index is 1.95. The number of hydrogen-bond acceptors (Lipinski definition) is 4. The molecule has 0 aliphatic carbocycles. The molecule has 1 amide bonds. The van der Waals surface area contributed by atoms with E-state index in [1.54, 1.807) is 24.3 Å². The fraction of sp³-hybridized carbons (Fsp3) is 0. The second-order valence-corrected chi connectivity index (χ2v) is 5.55. The lowest BCUT2D eigenvalue weighted by Crippen LogP contribution is -2.17. The van der Waals surface area contributed by atoms with E-state index >= 15 is 0 Å². The highest BCUT2D eigenvalue weighted by molar-refractivity contribution is 9.10. The Morgan fingerprint density at radius 3 is 2.71 bits per heavy atom. The Bertz CT molecular complexity index is 930. The molecule has 1 heterocycles. The zero-order chi connectivity index (χ0) is 17.3. The average molecular weight is 395 g/mol. The topological polar surface area (TPSA) is 80.0 Å². The summed E-state index contributed by atoms with van der Waals surface area (Å²) in [5, 5.41) is 19.4. The number of phenolic OH excluding ortho intramolecular Hbond substituents is 1. The number of carbonyl (C=O) groups excluding carboxylic acids is 1. The summed E-state index contributed by atoms with van der Waals surface area (Å²) in [6.07, 6.45) is 1.21. The first-order valence-corrected chi connectivity index (χ1v) is 7.42. The lowest BCUT2D eigenvalue weighted by atomic mass is 10.2. The summed E-state index contributed by atoms with van der Waals surface area (Å²) in [6.45, 7) is 0. The molecule has 0 fully saturated rings. The SMILES string of the molecule is O=C(Nc1ccc(F)c(F)c1O)c1cnnn1-c1ccccc1Br. The average Bonchev–Trinajstić information content (AvgIpc) is 3.05. The van der Waals surface area contributed by atoms with Crippen LogP contribution in [0.15, 0.2) is 47.1 Å². The van der Waals surface area contributed by atoms with Crippen LogP contribution in [0.25, 0.3) is 5.69 Å². The minimum absolute atomic E-state index is 0.0473. The van der Waals surface area contributed by atoms with Gasteiger partial charge in [0.2, 0.25) is 5.82 Å². The van der Waals surface area contributed by atoms with Crippen LogP contribution in [0.4, 0.5) is 14.5 Å². The van der Waals surface area contributed by atoms with Crippen molar-refractivity contribution in [2.75, 3.05) is 5.32 Å². The van der Waals surface area contributed by atoms with Crippen LogP contribution in [0.3, 0.4) is 0 Å². The number of nitrogens with one attached hydrogen (secondary N) is 1. The monoisotopic (exact) mass is 394 g/mol. The number of halogens is 3. The number of hydrogen-bond donors (Lipinski definition) is 2. The number of amides is 1. The van der Waals surface area contributed by atoms with E-state index in [4.69, 9.17) is 0 Å². The van der Waals surface area contributed by atoms with Crippen molar-refractivity contribution >= 4 is 27.5 Å². The Labute approximate surface area is 142 Å². The predicted molar refractivity (Wildman–Crippen MR) is 85.0 cm³/mol. The smallest absolute Gasteiger partial charge is 0.276 e. The Hall–Kier alpha value is -2.81. The maximum absolute atomic E-state index is 13.4. The first-order valence-electron chi connectivity index (χ1n) is 6.63. The van der Waals surface area contributed by atoms with Crippen LogP contribution in [-0.4, -0.2) is 26.0 Å². The van der Waals surface area contributed by atoms with Crippen LogP contribution in [0, 0.1) is 11.6 Å². The molecule has 1 aromatic heterocycles. The van der Waals surface area contributed by atoms with Crippen molar-refractivity contribution < 1.29 is 18.7 Å². The van der Waals surface area contributed by atoms with Gasteiger partial charge in [0.25, 0.3) is 5.91 Å². The van der Waals surface area contributed by atoms with Crippen molar-refractivity contribution in [3.63, 3.8) is 0 Å². The summed E-state index contributed by atoms with van der Waals surface area (Å²) in [5.41, 5.74) is 0.347. The van der Waals surface area contributed by atoms with Crippen LogP contribution in [0.2, 0.25) is 0 Å². The highest BCUT2D eigenvalue weighted by atomic mass is 79.9. The van der Waals surface area contributed by atoms with Crippen molar-refractivity contribution in [1.82, 2.24) is 15.0 Å². The van der Waals surface area contributed by atoms with E-state index in [-0.39, 0.29) is 11.4 Å². The van der Waals surface area contributed by atoms with Crippen LogP contribution < -0.4 is 5.32 Å². The number of nitrogens with zero attached hydrogens (tertiary/aromatic N) is 3. The molecule has 3 rings (SSSR count). The van der Waals surface area contributed by atoms with Crippen molar-refractivity contribution in [2.24, 2.45) is 0 Å². The van der Waals surface area contributed by atoms with E-state index in [0.717, 1.165) is 12.1 Å². The van der Waals surface area contributed by atoms with Crippen LogP contribution >= 0.6 is 15.9 Å². The van der Waals surface area contributed by atoms with Gasteiger partial charge >= 0.3 is 0 Å². The summed E-state index contributed by atoms with van der Waals surface area (Å²) >= 11 is 3.35. The number of anilines is 1. The standard InChI is InChI=1S/C15H9BrF2N4O2/c16-8-3-1-2-4-11(8)22-12(7-19-21-22)15(24)20-10-6-5-9(17)13(18)14(10)23/h1-7,23H,(H,20,24). The number of carbonyl (C=O) groups is 1. The van der Waals surface area contributed by atoms with Crippen molar-refractivity contribution in [3.8, 4) is 11.4 Å². The molecule has 24 heavy (non-hydrogen) atoms. The maximum atomic E-state index is 13.4. The molecule has 0 radical (unpaired) electrons. The lowest BCUT2D eigenvalue weighted by Gasteiger charge is -2.10. The first kappa shape index (κ1) is 16.1. The zero-order valence-corrected chi connectivity index (χ0v) is 13.5. The fourth-order valence-electron chi connectivity index (χ4n) is 2.02. The molecule has 0 spiro atoms. The molecule has 0 bridgehead atoms. The molecule has 0 atom stereocenters. The molecule has 2 N–H and O–H groups in total. The van der Waals surface area contributed by atoms with Crippen LogP contribution in [0.5, 0.6) is 5.75 Å². The van der Waals surface area contributed by atoms with E-state index < -0.39 is 23.3 Å². The minimum Gasteiger partial charge on any atom is -0.503 e. The number of phenols is 1. The molecule has 0 unspecified atom stereocenters. The fourth-order valence-corrected chi connectivity index (χ4v) is 2.47. The van der Waals surface area contributed by atoms with Gasteiger partial charge in [-0.2, -0.15) is 4.39 Å². The second kappa shape index (κ2) is 6.36. The highest BCUT2D eigenvalue weighted by Crippen LogP contribution is 2.29. The van der Waals surface area contributed by atoms with Gasteiger partial charge in [-0.15, -0.1) is 5.10 Å². The van der Waals surface area contributed by atoms with E-state index in [9.17, 15) is 18.7 Å². The van der Waals surface area contributed by atoms with Gasteiger partial charge in [0, 0.05) is 4.47 Å². The van der Waals surface area contributed by atoms with Gasteiger partial charge in [0.1, 0.15) is 0 Å². The maximum Gasteiger partial charge on any atom is 0.276 e. The van der Waals surface area contributed by atoms with Crippen molar-refractivity contribution in [3.05, 3.63) is 64.4 Å². The van der Waals surface area contributed by atoms with Gasteiger partial charge in [-0.1, -0.05) is 17.3 Å². The van der Waals surface area contributed by atoms with E-state index in [0.29, 0.717) is 10.2 Å². The second-order valence-electron chi connectivity index (χ2n) is 4.69. The highest BCUT2D eigenvalue weighted by Gasteiger charge is 2.19. The van der Waals surface area contributed by atoms with Gasteiger partial charge in [-0.3, -0.25) is 4.79 Å². The Morgan fingerprint density at radius 2 is 1.96 bits per heavy atom. The number of para-hydroxylation sites is 1. The summed E-state index contributed by atoms with van der Waals surface area (Å²) < 4.78 is 28.3. The van der Waals surface area contributed by atoms with E-state index in [1.165, 1.54) is 10.9 Å². The summed E-state index contributed by atoms with van der Waals surface area (Å²) in [6, 6.07) is 8.88. The van der Waals surface area contributed by atoms with Gasteiger partial charge in [0.05, 0.1) is 17.6 Å². The molecule has 122 valence electrons. The molecule has 9 heteroatoms. The Kier molecular flexibility index (Phi) is 4.26. The van der Waals surface area contributed by atoms with Crippen LogP contribution in [0.1, 0.15) is 10.5 Å². The molecular formula is C15H9BrF2N4O2. The molecule has 0 aliphatic rings. The first-order chi connectivity index (χ1) is 11.5. The van der Waals surface area contributed by atoms with Gasteiger partial charge in [-0.25, -0.2) is 9.07 Å². The molecular weight excluding hydrogens is 386 g/mol. The summed E-state index contributed by atoms with van der Waals surface area (Å²) in [4.78, 5) is 12.4. The molecule has 0 aliphatic heterocycles. The third-order valence-corrected chi connectivity index (χ3v) is 3.85. The zero-order valence-electron chi connectivity index (χ0n) is 11.9. The quantitative estimate of drug-likeness (QED) is 0.668. The molecule has 0 saturated carbocycles. The van der Waals surface area contributed by atoms with Crippen LogP contribution in [-0.2, 0) is 0 Å². The van der Waals surface area contributed by atoms with Gasteiger partial charge in [-0.05, 0) is 40.2 Å². The predicted octanol–water partition coefficient (Wildman–Crippen LogP) is 3.27. The van der Waals surface area contributed by atoms with Gasteiger partial charge in [0.15, 0.2) is 17.3 Å². The normalized spacial score (nSPS) is 10.6. The Morgan fingerprint density at radius 1 is 1.21 bits per heavy atom. The minimum atomic E-state index is -1.44. The van der Waals surface area contributed by atoms with E-state index in [2.05, 4.69) is 31.6 Å². The van der Waals surface area contributed by atoms with E-state index in [1.807, 2.05) is 0 Å². The number of benzene rings is 2. The summed E-state index contributed by atoms with van der Waals surface area (Å²) in [7, 11) is 0. The number of rotatable bonds is 3. The summed E-state index contributed by atoms with van der Waals surface area (Å²) in [5.74, 6) is -4.34. The number of aromatic nitrogens is 3.